The largest absolute Gasteiger partial charge is 0.489 e. The van der Waals surface area contributed by atoms with Gasteiger partial charge in [0.25, 0.3) is 0 Å². The molecule has 4 heteroatoms. The van der Waals surface area contributed by atoms with Gasteiger partial charge in [-0.3, -0.25) is 0 Å². The summed E-state index contributed by atoms with van der Waals surface area (Å²) < 4.78 is 19.0. The summed E-state index contributed by atoms with van der Waals surface area (Å²) in [5, 5.41) is 3.99. The summed E-state index contributed by atoms with van der Waals surface area (Å²) in [6.45, 7) is 5.09. The van der Waals surface area contributed by atoms with Crippen molar-refractivity contribution in [2.45, 2.75) is 33.0 Å². The smallest absolute Gasteiger partial charge is 0.125 e. The second-order valence-electron chi connectivity index (χ2n) is 5.17. The zero-order valence-corrected chi connectivity index (χ0v) is 13.0. The van der Waals surface area contributed by atoms with Crippen molar-refractivity contribution in [2.24, 2.45) is 0 Å². The molecule has 0 radical (unpaired) electrons. The number of nitrogens with one attached hydrogen (secondary N) is 1. The number of halogens is 2. The molecule has 0 heterocycles. The Morgan fingerprint density at radius 1 is 1.19 bits per heavy atom. The van der Waals surface area contributed by atoms with Crippen molar-refractivity contribution in [1.29, 1.82) is 0 Å². The molecule has 1 N–H and O–H groups in total. The van der Waals surface area contributed by atoms with Gasteiger partial charge in [0.05, 0.1) is 0 Å². The van der Waals surface area contributed by atoms with Gasteiger partial charge in [-0.05, 0) is 29.8 Å². The zero-order chi connectivity index (χ0) is 15.2. The Labute approximate surface area is 129 Å². The fourth-order valence-electron chi connectivity index (χ4n) is 1.94. The van der Waals surface area contributed by atoms with Crippen molar-refractivity contribution in [1.82, 2.24) is 5.32 Å². The normalized spacial score (nSPS) is 10.9. The van der Waals surface area contributed by atoms with E-state index in [2.05, 4.69) is 19.2 Å². The molecule has 2 nitrogen and oxygen atoms in total. The van der Waals surface area contributed by atoms with E-state index in [1.807, 2.05) is 24.3 Å². The highest BCUT2D eigenvalue weighted by atomic mass is 35.5. The van der Waals surface area contributed by atoms with Gasteiger partial charge in [-0.1, -0.05) is 43.6 Å². The molecule has 0 fully saturated rings. The third-order valence-corrected chi connectivity index (χ3v) is 3.40. The summed E-state index contributed by atoms with van der Waals surface area (Å²) in [7, 11) is 0. The number of rotatable bonds is 6. The number of hydrogen-bond acceptors (Lipinski definition) is 2. The standard InChI is InChI=1S/C17H19ClFNO/c1-12(2)20-10-15-16(18)7-4-8-17(15)21-11-13-5-3-6-14(19)9-13/h3-9,12,20H,10-11H2,1-2H3. The van der Waals surface area contributed by atoms with Crippen LogP contribution in [0.5, 0.6) is 5.75 Å². The summed E-state index contributed by atoms with van der Waals surface area (Å²) in [6, 6.07) is 12.3. The lowest BCUT2D eigenvalue weighted by molar-refractivity contribution is 0.301. The van der Waals surface area contributed by atoms with Crippen LogP contribution in [-0.2, 0) is 13.2 Å². The SMILES string of the molecule is CC(C)NCc1c(Cl)cccc1OCc1cccc(F)c1. The van der Waals surface area contributed by atoms with Crippen molar-refractivity contribution in [2.75, 3.05) is 0 Å². The summed E-state index contributed by atoms with van der Waals surface area (Å²) in [4.78, 5) is 0. The van der Waals surface area contributed by atoms with Gasteiger partial charge in [0, 0.05) is 23.2 Å². The third-order valence-electron chi connectivity index (χ3n) is 3.05. The number of hydrogen-bond donors (Lipinski definition) is 1. The number of ether oxygens (including phenoxy) is 1. The average Bonchev–Trinajstić information content (AvgIpc) is 2.44. The Balaban J connectivity index is 2.10. The van der Waals surface area contributed by atoms with E-state index in [9.17, 15) is 4.39 Å². The maximum absolute atomic E-state index is 13.2. The molecule has 0 spiro atoms. The van der Waals surface area contributed by atoms with Gasteiger partial charge in [0.1, 0.15) is 18.2 Å². The average molecular weight is 308 g/mol. The highest BCUT2D eigenvalue weighted by molar-refractivity contribution is 6.31. The fraction of sp³-hybridized carbons (Fsp3) is 0.294. The van der Waals surface area contributed by atoms with Crippen molar-refractivity contribution in [3.8, 4) is 5.75 Å². The van der Waals surface area contributed by atoms with E-state index in [0.717, 1.165) is 16.9 Å². The second-order valence-corrected chi connectivity index (χ2v) is 5.58. The van der Waals surface area contributed by atoms with E-state index in [-0.39, 0.29) is 5.82 Å². The molecule has 2 rings (SSSR count). The molecular weight excluding hydrogens is 289 g/mol. The molecule has 0 aliphatic carbocycles. The molecule has 2 aromatic rings. The molecule has 21 heavy (non-hydrogen) atoms. The lowest BCUT2D eigenvalue weighted by atomic mass is 10.2. The van der Waals surface area contributed by atoms with Gasteiger partial charge in [-0.2, -0.15) is 0 Å². The zero-order valence-electron chi connectivity index (χ0n) is 12.2. The van der Waals surface area contributed by atoms with E-state index in [1.54, 1.807) is 6.07 Å². The van der Waals surface area contributed by atoms with Crippen LogP contribution < -0.4 is 10.1 Å². The van der Waals surface area contributed by atoms with Crippen LogP contribution in [0.1, 0.15) is 25.0 Å². The summed E-state index contributed by atoms with van der Waals surface area (Å²) in [5.74, 6) is 0.462. The minimum absolute atomic E-state index is 0.260. The Hall–Kier alpha value is -1.58. The van der Waals surface area contributed by atoms with Crippen molar-refractivity contribution < 1.29 is 9.13 Å². The van der Waals surface area contributed by atoms with Crippen LogP contribution in [0.2, 0.25) is 5.02 Å². The van der Waals surface area contributed by atoms with Crippen LogP contribution in [0.3, 0.4) is 0 Å². The lowest BCUT2D eigenvalue weighted by Gasteiger charge is -2.15. The van der Waals surface area contributed by atoms with E-state index in [1.165, 1.54) is 12.1 Å². The molecule has 0 amide bonds. The van der Waals surface area contributed by atoms with E-state index in [0.29, 0.717) is 24.2 Å². The first-order valence-electron chi connectivity index (χ1n) is 6.94. The molecule has 0 atom stereocenters. The monoisotopic (exact) mass is 307 g/mol. The lowest BCUT2D eigenvalue weighted by Crippen LogP contribution is -2.22. The summed E-state index contributed by atoms with van der Waals surface area (Å²) in [6.07, 6.45) is 0. The molecule has 0 unspecified atom stereocenters. The Bertz CT molecular complexity index is 601. The highest BCUT2D eigenvalue weighted by Crippen LogP contribution is 2.27. The fourth-order valence-corrected chi connectivity index (χ4v) is 2.17. The summed E-state index contributed by atoms with van der Waals surface area (Å²) in [5.41, 5.74) is 1.71. The van der Waals surface area contributed by atoms with Gasteiger partial charge >= 0.3 is 0 Å². The molecule has 0 aromatic heterocycles. The van der Waals surface area contributed by atoms with Crippen LogP contribution in [0, 0.1) is 5.82 Å². The van der Waals surface area contributed by atoms with Crippen LogP contribution in [0.15, 0.2) is 42.5 Å². The molecule has 0 aliphatic rings. The minimum atomic E-state index is -0.260. The molecule has 0 saturated carbocycles. The Kier molecular flexibility index (Phi) is 5.59. The van der Waals surface area contributed by atoms with Crippen LogP contribution in [0.25, 0.3) is 0 Å². The summed E-state index contributed by atoms with van der Waals surface area (Å²) >= 11 is 6.24. The molecule has 2 aromatic carbocycles. The Morgan fingerprint density at radius 2 is 1.95 bits per heavy atom. The van der Waals surface area contributed by atoms with Crippen molar-refractivity contribution in [3.63, 3.8) is 0 Å². The molecular formula is C17H19ClFNO. The quantitative estimate of drug-likeness (QED) is 0.845. The van der Waals surface area contributed by atoms with Crippen molar-refractivity contribution >= 4 is 11.6 Å². The minimum Gasteiger partial charge on any atom is -0.489 e. The first kappa shape index (κ1) is 15.8. The second kappa shape index (κ2) is 7.43. The van der Waals surface area contributed by atoms with E-state index in [4.69, 9.17) is 16.3 Å². The van der Waals surface area contributed by atoms with Gasteiger partial charge in [-0.15, -0.1) is 0 Å². The maximum Gasteiger partial charge on any atom is 0.125 e. The Morgan fingerprint density at radius 3 is 2.67 bits per heavy atom. The van der Waals surface area contributed by atoms with E-state index < -0.39 is 0 Å². The van der Waals surface area contributed by atoms with Crippen LogP contribution in [-0.4, -0.2) is 6.04 Å². The predicted molar refractivity (Wildman–Crippen MR) is 84.2 cm³/mol. The topological polar surface area (TPSA) is 21.3 Å². The molecule has 0 bridgehead atoms. The third kappa shape index (κ3) is 4.73. The van der Waals surface area contributed by atoms with Gasteiger partial charge < -0.3 is 10.1 Å². The first-order valence-corrected chi connectivity index (χ1v) is 7.32. The molecule has 0 saturated heterocycles. The van der Waals surface area contributed by atoms with Crippen LogP contribution in [0.4, 0.5) is 4.39 Å². The van der Waals surface area contributed by atoms with E-state index >= 15 is 0 Å². The van der Waals surface area contributed by atoms with Crippen LogP contribution >= 0.6 is 11.6 Å². The molecule has 112 valence electrons. The van der Waals surface area contributed by atoms with Crippen molar-refractivity contribution in [3.05, 3.63) is 64.4 Å². The highest BCUT2D eigenvalue weighted by Gasteiger charge is 2.09. The molecule has 0 aliphatic heterocycles. The predicted octanol–water partition coefficient (Wildman–Crippen LogP) is 4.56. The van der Waals surface area contributed by atoms with Gasteiger partial charge in [-0.25, -0.2) is 4.39 Å². The maximum atomic E-state index is 13.2. The first-order chi connectivity index (χ1) is 10.1. The van der Waals surface area contributed by atoms with Gasteiger partial charge in [0.2, 0.25) is 0 Å². The van der Waals surface area contributed by atoms with Gasteiger partial charge in [0.15, 0.2) is 0 Å². The number of benzene rings is 2.